The number of aromatic hydroxyl groups is 1. The van der Waals surface area contributed by atoms with E-state index in [9.17, 15) is 4.79 Å². The van der Waals surface area contributed by atoms with Crippen molar-refractivity contribution in [2.75, 3.05) is 6.61 Å². The molecule has 0 spiro atoms. The molecule has 0 amide bonds. The van der Waals surface area contributed by atoms with Crippen molar-refractivity contribution in [3.05, 3.63) is 11.8 Å². The monoisotopic (exact) mass is 170 g/mol. The molecule has 1 aromatic rings. The summed E-state index contributed by atoms with van der Waals surface area (Å²) in [4.78, 5) is 11.0. The fourth-order valence-corrected chi connectivity index (χ4v) is 0.828. The van der Waals surface area contributed by atoms with Crippen LogP contribution in [0.15, 0.2) is 6.07 Å². The van der Waals surface area contributed by atoms with Gasteiger partial charge in [-0.3, -0.25) is 0 Å². The number of carbonyl (C=O) groups is 1. The Bertz CT molecular complexity index is 293. The summed E-state index contributed by atoms with van der Waals surface area (Å²) in [5.41, 5.74) is 0.547. The van der Waals surface area contributed by atoms with Crippen LogP contribution < -0.4 is 0 Å². The Morgan fingerprint density at radius 1 is 1.83 bits per heavy atom. The highest BCUT2D eigenvalue weighted by molar-refractivity contribution is 5.70. The third kappa shape index (κ3) is 1.55. The lowest BCUT2D eigenvalue weighted by atomic mass is 10.5. The van der Waals surface area contributed by atoms with Gasteiger partial charge in [-0.2, -0.15) is 4.68 Å². The van der Waals surface area contributed by atoms with E-state index >= 15 is 0 Å². The van der Waals surface area contributed by atoms with E-state index in [2.05, 4.69) is 9.84 Å². The second-order valence-electron chi connectivity index (χ2n) is 2.25. The molecule has 0 fully saturated rings. The van der Waals surface area contributed by atoms with E-state index in [1.54, 1.807) is 13.8 Å². The molecule has 1 heterocycles. The summed E-state index contributed by atoms with van der Waals surface area (Å²) < 4.78 is 5.69. The van der Waals surface area contributed by atoms with Crippen LogP contribution in [0.3, 0.4) is 0 Å². The standard InChI is InChI=1S/C7H10N2O3/c1-3-12-7(11)9-5(2)4-6(10)8-9/h4H,3H2,1-2H3,(H,8,10). The molecule has 0 saturated heterocycles. The maximum atomic E-state index is 11.0. The first kappa shape index (κ1) is 8.58. The Morgan fingerprint density at radius 2 is 2.50 bits per heavy atom. The number of hydrogen-bond donors (Lipinski definition) is 1. The van der Waals surface area contributed by atoms with E-state index in [0.717, 1.165) is 4.68 Å². The van der Waals surface area contributed by atoms with Crippen molar-refractivity contribution in [1.82, 2.24) is 9.78 Å². The second kappa shape index (κ2) is 3.25. The zero-order chi connectivity index (χ0) is 9.14. The molecule has 1 rings (SSSR count). The van der Waals surface area contributed by atoms with E-state index < -0.39 is 6.09 Å². The Labute approximate surface area is 69.6 Å². The minimum Gasteiger partial charge on any atom is -0.492 e. The first-order chi connectivity index (χ1) is 5.65. The fourth-order valence-electron chi connectivity index (χ4n) is 0.828. The van der Waals surface area contributed by atoms with Crippen LogP contribution in [0, 0.1) is 6.92 Å². The SMILES string of the molecule is CCOC(=O)n1nc(O)cc1C. The van der Waals surface area contributed by atoms with Gasteiger partial charge in [0, 0.05) is 6.07 Å². The molecule has 0 aliphatic rings. The number of ether oxygens (including phenoxy) is 1. The van der Waals surface area contributed by atoms with Crippen LogP contribution in [0.2, 0.25) is 0 Å². The van der Waals surface area contributed by atoms with Gasteiger partial charge in [0.2, 0.25) is 5.88 Å². The highest BCUT2D eigenvalue weighted by Crippen LogP contribution is 2.08. The quantitative estimate of drug-likeness (QED) is 0.680. The van der Waals surface area contributed by atoms with Gasteiger partial charge in [-0.1, -0.05) is 0 Å². The number of nitrogens with zero attached hydrogens (tertiary/aromatic N) is 2. The van der Waals surface area contributed by atoms with Crippen LogP contribution in [0.4, 0.5) is 4.79 Å². The van der Waals surface area contributed by atoms with Gasteiger partial charge in [-0.15, -0.1) is 5.10 Å². The van der Waals surface area contributed by atoms with Crippen molar-refractivity contribution >= 4 is 6.09 Å². The Morgan fingerprint density at radius 3 is 2.92 bits per heavy atom. The van der Waals surface area contributed by atoms with Crippen LogP contribution in [-0.2, 0) is 4.74 Å². The van der Waals surface area contributed by atoms with Crippen molar-refractivity contribution in [1.29, 1.82) is 0 Å². The third-order valence-electron chi connectivity index (χ3n) is 1.32. The summed E-state index contributed by atoms with van der Waals surface area (Å²) >= 11 is 0. The summed E-state index contributed by atoms with van der Waals surface area (Å²) in [6, 6.07) is 1.39. The van der Waals surface area contributed by atoms with Crippen LogP contribution in [0.1, 0.15) is 12.6 Å². The number of aryl methyl sites for hydroxylation is 1. The van der Waals surface area contributed by atoms with Crippen LogP contribution in [0.25, 0.3) is 0 Å². The lowest BCUT2D eigenvalue weighted by Gasteiger charge is -2.01. The molecule has 12 heavy (non-hydrogen) atoms. The predicted octanol–water partition coefficient (Wildman–Crippen LogP) is 0.902. The molecule has 5 heteroatoms. The molecule has 0 aliphatic heterocycles. The summed E-state index contributed by atoms with van der Waals surface area (Å²) in [5, 5.41) is 12.4. The van der Waals surface area contributed by atoms with Crippen molar-refractivity contribution < 1.29 is 14.6 Å². The summed E-state index contributed by atoms with van der Waals surface area (Å²) in [6.07, 6.45) is -0.574. The Kier molecular flexibility index (Phi) is 2.32. The van der Waals surface area contributed by atoms with Crippen molar-refractivity contribution in [3.8, 4) is 5.88 Å². The van der Waals surface area contributed by atoms with E-state index in [1.807, 2.05) is 0 Å². The van der Waals surface area contributed by atoms with Gasteiger partial charge in [-0.25, -0.2) is 4.79 Å². The molecule has 0 saturated carbocycles. The van der Waals surface area contributed by atoms with E-state index in [-0.39, 0.29) is 5.88 Å². The molecular weight excluding hydrogens is 160 g/mol. The molecule has 0 aliphatic carbocycles. The summed E-state index contributed by atoms with van der Waals surface area (Å²) in [6.45, 7) is 3.65. The van der Waals surface area contributed by atoms with E-state index in [4.69, 9.17) is 5.11 Å². The van der Waals surface area contributed by atoms with Crippen LogP contribution in [-0.4, -0.2) is 27.6 Å². The first-order valence-electron chi connectivity index (χ1n) is 3.58. The van der Waals surface area contributed by atoms with Crippen molar-refractivity contribution in [2.45, 2.75) is 13.8 Å². The smallest absolute Gasteiger partial charge is 0.435 e. The molecule has 0 unspecified atom stereocenters. The zero-order valence-electron chi connectivity index (χ0n) is 6.94. The molecule has 0 aromatic carbocycles. The summed E-state index contributed by atoms with van der Waals surface area (Å²) in [7, 11) is 0. The molecule has 1 aromatic heterocycles. The molecule has 0 radical (unpaired) electrons. The van der Waals surface area contributed by atoms with E-state index in [0.29, 0.717) is 12.3 Å². The molecule has 5 nitrogen and oxygen atoms in total. The van der Waals surface area contributed by atoms with Gasteiger partial charge in [0.15, 0.2) is 0 Å². The Balaban J connectivity index is 2.87. The number of rotatable bonds is 1. The maximum absolute atomic E-state index is 11.0. The van der Waals surface area contributed by atoms with Gasteiger partial charge in [0.25, 0.3) is 0 Å². The lowest BCUT2D eigenvalue weighted by Crippen LogP contribution is -2.16. The van der Waals surface area contributed by atoms with E-state index in [1.165, 1.54) is 6.07 Å². The van der Waals surface area contributed by atoms with Crippen LogP contribution in [0.5, 0.6) is 5.88 Å². The number of aromatic nitrogens is 2. The topological polar surface area (TPSA) is 64.4 Å². The van der Waals surface area contributed by atoms with Gasteiger partial charge >= 0.3 is 6.09 Å². The molecule has 0 bridgehead atoms. The normalized spacial score (nSPS) is 9.83. The van der Waals surface area contributed by atoms with Crippen molar-refractivity contribution in [3.63, 3.8) is 0 Å². The van der Waals surface area contributed by atoms with Gasteiger partial charge in [-0.05, 0) is 13.8 Å². The molecule has 0 atom stereocenters. The molecular formula is C7H10N2O3. The van der Waals surface area contributed by atoms with Crippen molar-refractivity contribution in [2.24, 2.45) is 0 Å². The highest BCUT2D eigenvalue weighted by Gasteiger charge is 2.10. The second-order valence-corrected chi connectivity index (χ2v) is 2.25. The average molecular weight is 170 g/mol. The minimum absolute atomic E-state index is 0.180. The Hall–Kier alpha value is -1.52. The number of carbonyl (C=O) groups excluding carboxylic acids is 1. The number of hydrogen-bond acceptors (Lipinski definition) is 4. The summed E-state index contributed by atoms with van der Waals surface area (Å²) in [5.74, 6) is -0.180. The average Bonchev–Trinajstić information content (AvgIpc) is 2.30. The largest absolute Gasteiger partial charge is 0.492 e. The van der Waals surface area contributed by atoms with Gasteiger partial charge < -0.3 is 9.84 Å². The maximum Gasteiger partial charge on any atom is 0.435 e. The predicted molar refractivity (Wildman–Crippen MR) is 41.0 cm³/mol. The van der Waals surface area contributed by atoms with Gasteiger partial charge in [0.1, 0.15) is 0 Å². The van der Waals surface area contributed by atoms with Crippen LogP contribution >= 0.6 is 0 Å². The molecule has 66 valence electrons. The fraction of sp³-hybridized carbons (Fsp3) is 0.429. The zero-order valence-corrected chi connectivity index (χ0v) is 6.94. The lowest BCUT2D eigenvalue weighted by molar-refractivity contribution is 0.149. The first-order valence-corrected chi connectivity index (χ1v) is 3.58. The third-order valence-corrected chi connectivity index (χ3v) is 1.32. The molecule has 1 N–H and O–H groups in total. The minimum atomic E-state index is -0.574. The van der Waals surface area contributed by atoms with Gasteiger partial charge in [0.05, 0.1) is 12.3 Å². The highest BCUT2D eigenvalue weighted by atomic mass is 16.6.